The zero-order valence-electron chi connectivity index (χ0n) is 15.4. The highest BCUT2D eigenvalue weighted by molar-refractivity contribution is 7.93. The van der Waals surface area contributed by atoms with Crippen molar-refractivity contribution < 1.29 is 16.8 Å². The molecule has 1 aliphatic rings. The molecule has 7 nitrogen and oxygen atoms in total. The standard InChI is InChI=1S/C17H29N3O4S2/c1-15(2)26(23,24)19-12-5-3-4-11-18-16-7-9-17(10-8-16)20-13-6-14-25(20,21)22/h7-10,15,18-19H,3-6,11-14H2,1-2H3. The Kier molecular flexibility index (Phi) is 7.31. The molecule has 1 aromatic rings. The van der Waals surface area contributed by atoms with Crippen LogP contribution in [0.5, 0.6) is 0 Å². The third-order valence-electron chi connectivity index (χ3n) is 4.36. The maximum Gasteiger partial charge on any atom is 0.235 e. The molecule has 1 aromatic carbocycles. The predicted molar refractivity (Wildman–Crippen MR) is 107 cm³/mol. The van der Waals surface area contributed by atoms with Crippen LogP contribution in [0.4, 0.5) is 11.4 Å². The van der Waals surface area contributed by atoms with Crippen LogP contribution in [0.2, 0.25) is 0 Å². The van der Waals surface area contributed by atoms with Gasteiger partial charge < -0.3 is 5.32 Å². The van der Waals surface area contributed by atoms with Gasteiger partial charge in [-0.25, -0.2) is 21.6 Å². The van der Waals surface area contributed by atoms with Gasteiger partial charge in [-0.15, -0.1) is 0 Å². The topological polar surface area (TPSA) is 95.6 Å². The number of nitrogens with one attached hydrogen (secondary N) is 2. The van der Waals surface area contributed by atoms with E-state index in [0.717, 1.165) is 31.5 Å². The van der Waals surface area contributed by atoms with Gasteiger partial charge in [-0.1, -0.05) is 6.42 Å². The Morgan fingerprint density at radius 3 is 2.31 bits per heavy atom. The summed E-state index contributed by atoms with van der Waals surface area (Å²) in [7, 11) is -6.30. The van der Waals surface area contributed by atoms with Crippen LogP contribution in [0.15, 0.2) is 24.3 Å². The third kappa shape index (κ3) is 5.85. The molecule has 1 saturated heterocycles. The first-order valence-electron chi connectivity index (χ1n) is 9.05. The summed E-state index contributed by atoms with van der Waals surface area (Å²) in [4.78, 5) is 0. The van der Waals surface area contributed by atoms with Crippen LogP contribution in [0.25, 0.3) is 0 Å². The highest BCUT2D eigenvalue weighted by Crippen LogP contribution is 2.25. The Morgan fingerprint density at radius 2 is 1.73 bits per heavy atom. The van der Waals surface area contributed by atoms with Gasteiger partial charge in [0, 0.05) is 25.3 Å². The van der Waals surface area contributed by atoms with Crippen molar-refractivity contribution in [1.29, 1.82) is 0 Å². The van der Waals surface area contributed by atoms with Crippen LogP contribution in [0.1, 0.15) is 39.5 Å². The van der Waals surface area contributed by atoms with E-state index in [-0.39, 0.29) is 5.75 Å². The summed E-state index contributed by atoms with van der Waals surface area (Å²) in [5, 5.41) is 2.90. The first-order valence-corrected chi connectivity index (χ1v) is 12.2. The first-order chi connectivity index (χ1) is 12.2. The number of hydrogen-bond donors (Lipinski definition) is 2. The van der Waals surface area contributed by atoms with Crippen LogP contribution < -0.4 is 14.3 Å². The molecule has 0 unspecified atom stereocenters. The Morgan fingerprint density at radius 1 is 1.08 bits per heavy atom. The maximum atomic E-state index is 11.9. The van der Waals surface area contributed by atoms with E-state index in [9.17, 15) is 16.8 Å². The molecule has 0 bridgehead atoms. The fourth-order valence-electron chi connectivity index (χ4n) is 2.72. The summed E-state index contributed by atoms with van der Waals surface area (Å²) in [6.45, 7) is 5.14. The van der Waals surface area contributed by atoms with Crippen LogP contribution in [0.3, 0.4) is 0 Å². The quantitative estimate of drug-likeness (QED) is 0.584. The van der Waals surface area contributed by atoms with Gasteiger partial charge in [-0.05, 0) is 57.4 Å². The molecule has 1 fully saturated rings. The number of nitrogens with zero attached hydrogens (tertiary/aromatic N) is 1. The Labute approximate surface area is 157 Å². The Hall–Kier alpha value is -1.32. The molecule has 2 N–H and O–H groups in total. The van der Waals surface area contributed by atoms with Crippen LogP contribution in [-0.2, 0) is 20.0 Å². The number of unbranched alkanes of at least 4 members (excludes halogenated alkanes) is 2. The molecule has 0 aliphatic carbocycles. The second-order valence-corrected chi connectivity index (χ2v) is 11.1. The molecule has 0 aromatic heterocycles. The third-order valence-corrected chi connectivity index (χ3v) is 8.08. The molecule has 0 saturated carbocycles. The lowest BCUT2D eigenvalue weighted by atomic mass is 10.2. The summed E-state index contributed by atoms with van der Waals surface area (Å²) < 4.78 is 51.1. The number of sulfonamides is 2. The SMILES string of the molecule is CC(C)S(=O)(=O)NCCCCCNc1ccc(N2CCCS2(=O)=O)cc1. The highest BCUT2D eigenvalue weighted by Gasteiger charge is 2.28. The molecule has 0 amide bonds. The van der Waals surface area contributed by atoms with Crippen LogP contribution in [0, 0.1) is 0 Å². The van der Waals surface area contributed by atoms with E-state index >= 15 is 0 Å². The molecule has 148 valence electrons. The normalized spacial score (nSPS) is 17.0. The van der Waals surface area contributed by atoms with E-state index < -0.39 is 25.3 Å². The smallest absolute Gasteiger partial charge is 0.235 e. The molecule has 0 spiro atoms. The van der Waals surface area contributed by atoms with Crippen molar-refractivity contribution in [2.75, 3.05) is 35.0 Å². The van der Waals surface area contributed by atoms with Crippen molar-refractivity contribution in [3.8, 4) is 0 Å². The minimum absolute atomic E-state index is 0.223. The van der Waals surface area contributed by atoms with Gasteiger partial charge in [0.1, 0.15) is 0 Å². The lowest BCUT2D eigenvalue weighted by Crippen LogP contribution is -2.31. The van der Waals surface area contributed by atoms with Crippen molar-refractivity contribution in [2.45, 2.75) is 44.8 Å². The van der Waals surface area contributed by atoms with E-state index in [0.29, 0.717) is 25.2 Å². The van der Waals surface area contributed by atoms with Gasteiger partial charge in [0.2, 0.25) is 20.0 Å². The number of benzene rings is 1. The van der Waals surface area contributed by atoms with E-state index in [1.165, 1.54) is 4.31 Å². The predicted octanol–water partition coefficient (Wildman–Crippen LogP) is 2.14. The Balaban J connectivity index is 1.66. The minimum Gasteiger partial charge on any atom is -0.385 e. The van der Waals surface area contributed by atoms with Crippen molar-refractivity contribution in [3.05, 3.63) is 24.3 Å². The average molecular weight is 404 g/mol. The lowest BCUT2D eigenvalue weighted by Gasteiger charge is -2.17. The second kappa shape index (κ2) is 9.05. The molecule has 1 aliphatic heterocycles. The van der Waals surface area contributed by atoms with E-state index in [4.69, 9.17) is 0 Å². The monoisotopic (exact) mass is 403 g/mol. The summed E-state index contributed by atoms with van der Waals surface area (Å²) in [6, 6.07) is 7.43. The molecule has 9 heteroatoms. The van der Waals surface area contributed by atoms with Crippen molar-refractivity contribution >= 4 is 31.4 Å². The van der Waals surface area contributed by atoms with E-state index in [1.807, 2.05) is 24.3 Å². The number of anilines is 2. The molecular weight excluding hydrogens is 374 g/mol. The van der Waals surface area contributed by atoms with E-state index in [1.54, 1.807) is 13.8 Å². The van der Waals surface area contributed by atoms with Gasteiger partial charge in [0.05, 0.1) is 16.7 Å². The van der Waals surface area contributed by atoms with Gasteiger partial charge >= 0.3 is 0 Å². The van der Waals surface area contributed by atoms with E-state index in [2.05, 4.69) is 10.0 Å². The summed E-state index contributed by atoms with van der Waals surface area (Å²) in [5.74, 6) is 0.223. The maximum absolute atomic E-state index is 11.9. The highest BCUT2D eigenvalue weighted by atomic mass is 32.2. The zero-order chi connectivity index (χ0) is 19.2. The van der Waals surface area contributed by atoms with Gasteiger partial charge in [0.25, 0.3) is 0 Å². The first kappa shape index (κ1) is 21.0. The molecular formula is C17H29N3O4S2. The second-order valence-electron chi connectivity index (χ2n) is 6.76. The average Bonchev–Trinajstić information content (AvgIpc) is 2.93. The molecule has 0 radical (unpaired) electrons. The Bertz CT molecular complexity index is 775. The zero-order valence-corrected chi connectivity index (χ0v) is 17.1. The molecule has 26 heavy (non-hydrogen) atoms. The molecule has 2 rings (SSSR count). The summed E-state index contributed by atoms with van der Waals surface area (Å²) in [6.07, 6.45) is 3.35. The van der Waals surface area contributed by atoms with Crippen molar-refractivity contribution in [2.24, 2.45) is 0 Å². The van der Waals surface area contributed by atoms with Crippen LogP contribution in [-0.4, -0.2) is 47.5 Å². The van der Waals surface area contributed by atoms with Crippen LogP contribution >= 0.6 is 0 Å². The minimum atomic E-state index is -3.17. The fraction of sp³-hybridized carbons (Fsp3) is 0.647. The van der Waals surface area contributed by atoms with Crippen molar-refractivity contribution in [3.63, 3.8) is 0 Å². The van der Waals surface area contributed by atoms with Gasteiger partial charge in [-0.2, -0.15) is 0 Å². The lowest BCUT2D eigenvalue weighted by molar-refractivity contribution is 0.566. The number of rotatable bonds is 10. The summed E-state index contributed by atoms with van der Waals surface area (Å²) in [5.41, 5.74) is 1.66. The summed E-state index contributed by atoms with van der Waals surface area (Å²) >= 11 is 0. The fourth-order valence-corrected chi connectivity index (χ4v) is 5.04. The molecule has 0 atom stereocenters. The number of hydrogen-bond acceptors (Lipinski definition) is 5. The van der Waals surface area contributed by atoms with Gasteiger partial charge in [0.15, 0.2) is 0 Å². The van der Waals surface area contributed by atoms with Crippen molar-refractivity contribution in [1.82, 2.24) is 4.72 Å². The molecule has 1 heterocycles. The largest absolute Gasteiger partial charge is 0.385 e. The van der Waals surface area contributed by atoms with Gasteiger partial charge in [-0.3, -0.25) is 4.31 Å².